The Hall–Kier alpha value is -4.64. The van der Waals surface area contributed by atoms with Gasteiger partial charge in [0.2, 0.25) is 15.9 Å². The number of hydrogen-bond acceptors (Lipinski definition) is 8. The van der Waals surface area contributed by atoms with E-state index in [9.17, 15) is 23.1 Å². The van der Waals surface area contributed by atoms with Crippen LogP contribution in [-0.4, -0.2) is 43.5 Å². The monoisotopic (exact) mass is 615 g/mol. The minimum absolute atomic E-state index is 0.0692. The summed E-state index contributed by atoms with van der Waals surface area (Å²) in [6, 6.07) is 15.6. The summed E-state index contributed by atoms with van der Waals surface area (Å²) in [6.45, 7) is 5.60. The summed E-state index contributed by atoms with van der Waals surface area (Å²) in [7, 11) is -2.51. The van der Waals surface area contributed by atoms with E-state index in [0.717, 1.165) is 0 Å². The van der Waals surface area contributed by atoms with Gasteiger partial charge in [0.05, 0.1) is 36.5 Å². The fourth-order valence-corrected chi connectivity index (χ4v) is 7.16. The molecule has 2 N–H and O–H groups in total. The number of aromatic nitrogens is 1. The number of carbonyl (C=O) groups is 2. The number of hydrogen-bond donors (Lipinski definition) is 2. The van der Waals surface area contributed by atoms with Crippen LogP contribution in [0.4, 0.5) is 5.69 Å². The molecule has 2 aliphatic rings. The van der Waals surface area contributed by atoms with Crippen LogP contribution in [0, 0.1) is 6.92 Å². The van der Waals surface area contributed by atoms with Gasteiger partial charge in [-0.05, 0) is 69.0 Å². The van der Waals surface area contributed by atoms with Gasteiger partial charge in [0.25, 0.3) is 5.91 Å². The van der Waals surface area contributed by atoms with Crippen LogP contribution in [0.1, 0.15) is 59.3 Å². The van der Waals surface area contributed by atoms with E-state index in [-0.39, 0.29) is 29.9 Å². The molecule has 0 bridgehead atoms. The Kier molecular flexibility index (Phi) is 7.23. The van der Waals surface area contributed by atoms with E-state index in [1.54, 1.807) is 67.7 Å². The normalized spacial score (nSPS) is 15.4. The van der Waals surface area contributed by atoms with Crippen LogP contribution in [0.5, 0.6) is 17.2 Å². The number of aromatic hydroxyl groups is 1. The highest BCUT2D eigenvalue weighted by Crippen LogP contribution is 2.51. The number of phenols is 1. The first-order valence-corrected chi connectivity index (χ1v) is 16.0. The molecule has 2 heterocycles. The quantitative estimate of drug-likeness (QED) is 0.272. The number of anilines is 1. The minimum Gasteiger partial charge on any atom is -0.505 e. The number of methoxy groups -OCH3 is 1. The second-order valence-electron chi connectivity index (χ2n) is 11.6. The lowest BCUT2D eigenvalue weighted by Gasteiger charge is -2.20. The van der Waals surface area contributed by atoms with Gasteiger partial charge in [0, 0.05) is 28.4 Å². The largest absolute Gasteiger partial charge is 0.505 e. The number of sulfonamides is 1. The fraction of sp³-hybridized carbons (Fsp3) is 0.303. The Balaban J connectivity index is 1.24. The van der Waals surface area contributed by atoms with Crippen LogP contribution in [-0.2, 0) is 32.5 Å². The van der Waals surface area contributed by atoms with Crippen LogP contribution in [0.25, 0.3) is 10.9 Å². The van der Waals surface area contributed by atoms with E-state index in [0.29, 0.717) is 63.2 Å². The summed E-state index contributed by atoms with van der Waals surface area (Å²) < 4.78 is 40.0. The van der Waals surface area contributed by atoms with Crippen LogP contribution in [0.3, 0.4) is 0 Å². The predicted molar refractivity (Wildman–Crippen MR) is 166 cm³/mol. The van der Waals surface area contributed by atoms with Crippen LogP contribution in [0.2, 0.25) is 0 Å². The molecule has 1 fully saturated rings. The van der Waals surface area contributed by atoms with Crippen LogP contribution >= 0.6 is 0 Å². The van der Waals surface area contributed by atoms with E-state index in [4.69, 9.17) is 9.47 Å². The van der Waals surface area contributed by atoms with Gasteiger partial charge in [0.1, 0.15) is 22.8 Å². The molecular weight excluding hydrogens is 582 g/mol. The molecule has 3 aromatic carbocycles. The number of fused-ring (bicyclic) bond motifs is 2. The number of benzene rings is 3. The smallest absolute Gasteiger partial charge is 0.262 e. The second-order valence-corrected chi connectivity index (χ2v) is 13.3. The molecule has 44 heavy (non-hydrogen) atoms. The summed E-state index contributed by atoms with van der Waals surface area (Å²) in [6.07, 6.45) is 2.41. The maximum Gasteiger partial charge on any atom is 0.262 e. The van der Waals surface area contributed by atoms with Crippen molar-refractivity contribution in [1.82, 2.24) is 9.71 Å². The summed E-state index contributed by atoms with van der Waals surface area (Å²) in [4.78, 5) is 32.9. The number of aryl methyl sites for hydroxylation is 1. The van der Waals surface area contributed by atoms with Crippen molar-refractivity contribution < 1.29 is 32.6 Å². The van der Waals surface area contributed by atoms with Crippen molar-refractivity contribution in [2.75, 3.05) is 12.0 Å². The summed E-state index contributed by atoms with van der Waals surface area (Å²) in [5.41, 5.74) is 2.48. The van der Waals surface area contributed by atoms with Crippen molar-refractivity contribution in [1.29, 1.82) is 0 Å². The molecule has 228 valence electrons. The van der Waals surface area contributed by atoms with Crippen molar-refractivity contribution in [3.8, 4) is 17.2 Å². The number of pyridine rings is 1. The third kappa shape index (κ3) is 5.00. The highest BCUT2D eigenvalue weighted by molar-refractivity contribution is 7.89. The van der Waals surface area contributed by atoms with Gasteiger partial charge in [-0.2, -0.15) is 0 Å². The molecule has 6 rings (SSSR count). The lowest BCUT2D eigenvalue weighted by molar-refractivity contribution is -0.121. The molecule has 0 unspecified atom stereocenters. The van der Waals surface area contributed by atoms with Crippen molar-refractivity contribution in [3.63, 3.8) is 0 Å². The first-order valence-electron chi connectivity index (χ1n) is 14.3. The number of ether oxygens (including phenoxy) is 2. The van der Waals surface area contributed by atoms with Gasteiger partial charge in [-0.25, -0.2) is 8.42 Å². The van der Waals surface area contributed by atoms with Crippen LogP contribution in [0.15, 0.2) is 60.8 Å². The third-order valence-electron chi connectivity index (χ3n) is 8.18. The number of phenolic OH excluding ortho intramolecular Hbond substituents is 1. The molecular formula is C33H33N3O7S. The van der Waals surface area contributed by atoms with Crippen molar-refractivity contribution in [2.24, 2.45) is 0 Å². The van der Waals surface area contributed by atoms with Gasteiger partial charge in [0.15, 0.2) is 0 Å². The van der Waals surface area contributed by atoms with Crippen molar-refractivity contribution in [2.45, 2.75) is 57.4 Å². The molecule has 0 atom stereocenters. The first kappa shape index (κ1) is 29.4. The number of amides is 2. The standard InChI is InChI=1S/C33H33N3O7S/c1-19(2)43-30-22-8-7-15-34-28(22)29(37)23-17-36(31(38)27(23)30)25-12-11-21(16-20(25)3)18-44(40,41)35-32(39)33(13-14-33)24-9-5-6-10-26(24)42-4/h5-12,15-16,19,37H,13-14,17-18H2,1-4H3,(H,35,39). The zero-order valence-corrected chi connectivity index (χ0v) is 25.7. The molecule has 4 aromatic rings. The van der Waals surface area contributed by atoms with E-state index in [1.165, 1.54) is 12.0 Å². The van der Waals surface area contributed by atoms with Crippen molar-refractivity contribution in [3.05, 3.63) is 88.6 Å². The Labute approximate surface area is 255 Å². The third-order valence-corrected chi connectivity index (χ3v) is 9.39. The molecule has 0 saturated heterocycles. The van der Waals surface area contributed by atoms with Gasteiger partial charge in [-0.15, -0.1) is 0 Å². The van der Waals surface area contributed by atoms with Crippen LogP contribution < -0.4 is 19.1 Å². The number of nitrogens with one attached hydrogen (secondary N) is 1. The first-order chi connectivity index (χ1) is 21.0. The number of rotatable bonds is 9. The van der Waals surface area contributed by atoms with E-state index >= 15 is 0 Å². The molecule has 10 nitrogen and oxygen atoms in total. The van der Waals surface area contributed by atoms with Gasteiger partial charge < -0.3 is 19.5 Å². The minimum atomic E-state index is -4.03. The summed E-state index contributed by atoms with van der Waals surface area (Å²) in [5, 5.41) is 11.6. The SMILES string of the molecule is COc1ccccc1C1(C(=O)NS(=O)(=O)Cc2ccc(N3Cc4c(c(OC(C)C)c5cccnc5c4O)C3=O)c(C)c2)CC1. The molecule has 1 saturated carbocycles. The molecule has 11 heteroatoms. The maximum atomic E-state index is 13.8. The molecule has 1 aliphatic heterocycles. The summed E-state index contributed by atoms with van der Waals surface area (Å²) >= 11 is 0. The predicted octanol–water partition coefficient (Wildman–Crippen LogP) is 4.88. The average Bonchev–Trinajstić information content (AvgIpc) is 3.73. The Morgan fingerprint density at radius 2 is 1.89 bits per heavy atom. The Bertz CT molecular complexity index is 1930. The number of para-hydroxylation sites is 1. The number of nitrogens with zero attached hydrogens (tertiary/aromatic N) is 2. The van der Waals surface area contributed by atoms with E-state index in [1.807, 2.05) is 13.8 Å². The second kappa shape index (κ2) is 10.8. The van der Waals surface area contributed by atoms with Gasteiger partial charge in [-0.3, -0.25) is 19.3 Å². The molecule has 1 aliphatic carbocycles. The molecule has 2 amide bonds. The highest BCUT2D eigenvalue weighted by atomic mass is 32.2. The topological polar surface area (TPSA) is 135 Å². The zero-order valence-electron chi connectivity index (χ0n) is 24.9. The zero-order chi connectivity index (χ0) is 31.4. The Morgan fingerprint density at radius 3 is 2.57 bits per heavy atom. The fourth-order valence-electron chi connectivity index (χ4n) is 6.00. The Morgan fingerprint density at radius 1 is 1.14 bits per heavy atom. The molecule has 0 radical (unpaired) electrons. The summed E-state index contributed by atoms with van der Waals surface area (Å²) in [5.74, 6) is -0.472. The molecule has 1 aromatic heterocycles. The van der Waals surface area contributed by atoms with Gasteiger partial charge in [-0.1, -0.05) is 30.3 Å². The average molecular weight is 616 g/mol. The van der Waals surface area contributed by atoms with E-state index < -0.39 is 27.1 Å². The van der Waals surface area contributed by atoms with Gasteiger partial charge >= 0.3 is 0 Å². The van der Waals surface area contributed by atoms with E-state index in [2.05, 4.69) is 9.71 Å². The lowest BCUT2D eigenvalue weighted by Crippen LogP contribution is -2.39. The number of carbonyl (C=O) groups excluding carboxylic acids is 2. The lowest BCUT2D eigenvalue weighted by atomic mass is 9.94. The maximum absolute atomic E-state index is 13.8. The van der Waals surface area contributed by atoms with Crippen molar-refractivity contribution >= 4 is 38.4 Å². The molecule has 0 spiro atoms. The highest BCUT2D eigenvalue weighted by Gasteiger charge is 2.53.